The van der Waals surface area contributed by atoms with E-state index in [0.29, 0.717) is 0 Å². The molecule has 1 aromatic rings. The molecule has 15 heavy (non-hydrogen) atoms. The molecule has 0 saturated heterocycles. The van der Waals surface area contributed by atoms with E-state index in [1.54, 1.807) is 0 Å². The summed E-state index contributed by atoms with van der Waals surface area (Å²) < 4.78 is 34.5. The zero-order valence-electron chi connectivity index (χ0n) is 7.71. The number of ether oxygens (including phenoxy) is 1. The summed E-state index contributed by atoms with van der Waals surface area (Å²) in [6, 6.07) is 1.27. The largest absolute Gasteiger partial charge is 0.465 e. The maximum absolute atomic E-state index is 11.0. The lowest BCUT2D eigenvalue weighted by Gasteiger charge is -2.04. The molecule has 84 valence electrons. The van der Waals surface area contributed by atoms with Crippen molar-refractivity contribution in [2.24, 2.45) is 5.73 Å². The summed E-state index contributed by atoms with van der Waals surface area (Å²) >= 11 is 0.997. The lowest BCUT2D eigenvalue weighted by molar-refractivity contribution is 0.0606. The second-order valence-electron chi connectivity index (χ2n) is 2.67. The van der Waals surface area contributed by atoms with Crippen LogP contribution in [0.4, 0.5) is 0 Å². The van der Waals surface area contributed by atoms with Crippen molar-refractivity contribution in [3.05, 3.63) is 21.9 Å². The van der Waals surface area contributed by atoms with Crippen LogP contribution in [0.3, 0.4) is 0 Å². The minimum absolute atomic E-state index is 0.155. The Balaban J connectivity index is 3.00. The van der Waals surface area contributed by atoms with E-state index in [9.17, 15) is 13.2 Å². The average Bonchev–Trinajstić information content (AvgIpc) is 2.62. The molecule has 0 aliphatic heterocycles. The van der Waals surface area contributed by atoms with Crippen LogP contribution in [-0.2, 0) is 14.9 Å². The molecule has 3 N–H and O–H groups in total. The first kappa shape index (κ1) is 12.1. The van der Waals surface area contributed by atoms with Gasteiger partial charge in [-0.05, 0) is 17.0 Å². The fourth-order valence-electron chi connectivity index (χ4n) is 0.880. The molecular formula is C7H9NO5S2. The van der Waals surface area contributed by atoms with Gasteiger partial charge in [-0.3, -0.25) is 4.55 Å². The van der Waals surface area contributed by atoms with Crippen molar-refractivity contribution in [3.63, 3.8) is 0 Å². The molecule has 0 amide bonds. The van der Waals surface area contributed by atoms with Crippen LogP contribution in [-0.4, -0.2) is 26.0 Å². The van der Waals surface area contributed by atoms with Crippen LogP contribution in [0.5, 0.6) is 0 Å². The van der Waals surface area contributed by atoms with Gasteiger partial charge in [-0.15, -0.1) is 11.3 Å². The monoisotopic (exact) mass is 251 g/mol. The fraction of sp³-hybridized carbons (Fsp3) is 0.286. The molecule has 1 rings (SSSR count). The number of hydrogen-bond donors (Lipinski definition) is 2. The minimum Gasteiger partial charge on any atom is -0.465 e. The predicted molar refractivity (Wildman–Crippen MR) is 54.1 cm³/mol. The number of esters is 1. The van der Waals surface area contributed by atoms with Gasteiger partial charge in [-0.25, -0.2) is 4.79 Å². The number of carbonyl (C=O) groups is 1. The van der Waals surface area contributed by atoms with Gasteiger partial charge in [0.25, 0.3) is 10.1 Å². The highest BCUT2D eigenvalue weighted by molar-refractivity contribution is 7.86. The zero-order chi connectivity index (χ0) is 11.6. The highest BCUT2D eigenvalue weighted by Crippen LogP contribution is 2.23. The molecule has 0 spiro atoms. The summed E-state index contributed by atoms with van der Waals surface area (Å²) in [4.78, 5) is 11.3. The Morgan fingerprint density at radius 3 is 2.73 bits per heavy atom. The second kappa shape index (κ2) is 4.27. The standard InChI is InChI=1S/C7H9NO5S2/c1-13-7(9)5-2-4(3-14-5)6(8)15(10,11)12/h2-3,6H,8H2,1H3,(H,10,11,12). The van der Waals surface area contributed by atoms with Crippen LogP contribution >= 0.6 is 11.3 Å². The van der Waals surface area contributed by atoms with Gasteiger partial charge in [-0.1, -0.05) is 0 Å². The summed E-state index contributed by atoms with van der Waals surface area (Å²) in [5.41, 5.74) is 5.40. The Morgan fingerprint density at radius 1 is 1.67 bits per heavy atom. The third-order valence-corrected chi connectivity index (χ3v) is 3.50. The van der Waals surface area contributed by atoms with Crippen LogP contribution in [0.15, 0.2) is 11.4 Å². The Kier molecular flexibility index (Phi) is 3.45. The summed E-state index contributed by atoms with van der Waals surface area (Å²) in [6.45, 7) is 0. The van der Waals surface area contributed by atoms with Crippen LogP contribution in [0.25, 0.3) is 0 Å². The summed E-state index contributed by atoms with van der Waals surface area (Å²) in [6.07, 6.45) is 0. The Labute approximate surface area is 90.4 Å². The van der Waals surface area contributed by atoms with Crippen molar-refractivity contribution in [1.29, 1.82) is 0 Å². The number of hydrogen-bond acceptors (Lipinski definition) is 6. The molecule has 0 bridgehead atoms. The van der Waals surface area contributed by atoms with Crippen LogP contribution in [0.2, 0.25) is 0 Å². The molecule has 8 heteroatoms. The van der Waals surface area contributed by atoms with Crippen molar-refractivity contribution in [1.82, 2.24) is 0 Å². The number of thiophene rings is 1. The molecule has 6 nitrogen and oxygen atoms in total. The maximum Gasteiger partial charge on any atom is 0.348 e. The first-order chi connectivity index (χ1) is 6.86. The van der Waals surface area contributed by atoms with E-state index in [0.717, 1.165) is 11.3 Å². The summed E-state index contributed by atoms with van der Waals surface area (Å²) in [5.74, 6) is -0.575. The molecule has 0 radical (unpaired) electrons. The Hall–Kier alpha value is -0.960. The lowest BCUT2D eigenvalue weighted by atomic mass is 10.3. The van der Waals surface area contributed by atoms with Crippen LogP contribution in [0.1, 0.15) is 20.6 Å². The van der Waals surface area contributed by atoms with E-state index in [1.807, 2.05) is 0 Å². The zero-order valence-corrected chi connectivity index (χ0v) is 9.34. The van der Waals surface area contributed by atoms with Crippen molar-refractivity contribution >= 4 is 27.4 Å². The van der Waals surface area contributed by atoms with E-state index in [2.05, 4.69) is 4.74 Å². The van der Waals surface area contributed by atoms with Gasteiger partial charge in [0.15, 0.2) is 5.37 Å². The SMILES string of the molecule is COC(=O)c1cc(C(N)S(=O)(=O)O)cs1. The molecule has 0 fully saturated rings. The fourth-order valence-corrected chi connectivity index (χ4v) is 2.31. The van der Waals surface area contributed by atoms with Gasteiger partial charge in [0.2, 0.25) is 0 Å². The Bertz CT molecular complexity index is 463. The first-order valence-electron chi connectivity index (χ1n) is 3.75. The molecule has 1 heterocycles. The van der Waals surface area contributed by atoms with Gasteiger partial charge in [0.1, 0.15) is 4.88 Å². The molecule has 0 aliphatic rings. The van der Waals surface area contributed by atoms with Gasteiger partial charge < -0.3 is 10.5 Å². The van der Waals surface area contributed by atoms with Crippen molar-refractivity contribution in [2.75, 3.05) is 7.11 Å². The summed E-state index contributed by atoms with van der Waals surface area (Å²) in [5, 5.41) is -0.155. The van der Waals surface area contributed by atoms with Gasteiger partial charge in [0, 0.05) is 0 Å². The molecule has 0 aromatic carbocycles. The smallest absolute Gasteiger partial charge is 0.348 e. The first-order valence-corrected chi connectivity index (χ1v) is 6.13. The van der Waals surface area contributed by atoms with Crippen molar-refractivity contribution in [2.45, 2.75) is 5.37 Å². The van der Waals surface area contributed by atoms with Gasteiger partial charge >= 0.3 is 5.97 Å². The van der Waals surface area contributed by atoms with E-state index in [1.165, 1.54) is 18.6 Å². The van der Waals surface area contributed by atoms with Gasteiger partial charge in [-0.2, -0.15) is 8.42 Å². The number of rotatable bonds is 3. The molecule has 1 atom stereocenters. The predicted octanol–water partition coefficient (Wildman–Crippen LogP) is 0.380. The van der Waals surface area contributed by atoms with Gasteiger partial charge in [0.05, 0.1) is 7.11 Å². The van der Waals surface area contributed by atoms with Crippen molar-refractivity contribution < 1.29 is 22.5 Å². The summed E-state index contributed by atoms with van der Waals surface area (Å²) in [7, 11) is -3.13. The lowest BCUT2D eigenvalue weighted by Crippen LogP contribution is -2.20. The second-order valence-corrected chi connectivity index (χ2v) is 5.12. The minimum atomic E-state index is -4.34. The Morgan fingerprint density at radius 2 is 2.27 bits per heavy atom. The van der Waals surface area contributed by atoms with E-state index < -0.39 is 21.5 Å². The highest BCUT2D eigenvalue weighted by Gasteiger charge is 2.22. The van der Waals surface area contributed by atoms with E-state index in [-0.39, 0.29) is 10.4 Å². The van der Waals surface area contributed by atoms with Crippen LogP contribution < -0.4 is 5.73 Å². The quantitative estimate of drug-likeness (QED) is 0.594. The molecule has 0 aliphatic carbocycles. The van der Waals surface area contributed by atoms with E-state index in [4.69, 9.17) is 10.3 Å². The molecule has 0 saturated carbocycles. The average molecular weight is 251 g/mol. The number of carbonyl (C=O) groups excluding carboxylic acids is 1. The normalized spacial score (nSPS) is 13.5. The topological polar surface area (TPSA) is 107 Å². The molecule has 1 aromatic heterocycles. The molecule has 1 unspecified atom stereocenters. The molecular weight excluding hydrogens is 242 g/mol. The van der Waals surface area contributed by atoms with Crippen LogP contribution in [0, 0.1) is 0 Å². The maximum atomic E-state index is 11.0. The number of methoxy groups -OCH3 is 1. The number of nitrogens with two attached hydrogens (primary N) is 1. The van der Waals surface area contributed by atoms with E-state index >= 15 is 0 Å². The highest BCUT2D eigenvalue weighted by atomic mass is 32.2. The van der Waals surface area contributed by atoms with Crippen molar-refractivity contribution in [3.8, 4) is 0 Å². The third kappa shape index (κ3) is 2.75. The third-order valence-electron chi connectivity index (χ3n) is 1.66.